The lowest BCUT2D eigenvalue weighted by Crippen LogP contribution is -2.27. The lowest BCUT2D eigenvalue weighted by Gasteiger charge is -2.12. The fourth-order valence-corrected chi connectivity index (χ4v) is 2.01. The highest BCUT2D eigenvalue weighted by atomic mass is 16.6. The number of benzene rings is 1. The molecule has 0 aromatic heterocycles. The van der Waals surface area contributed by atoms with E-state index >= 15 is 0 Å². The smallest absolute Gasteiger partial charge is 0.449 e. The van der Waals surface area contributed by atoms with Gasteiger partial charge in [0.25, 0.3) is 0 Å². The van der Waals surface area contributed by atoms with E-state index in [4.69, 9.17) is 9.39 Å². The Kier molecular flexibility index (Phi) is 4.22. The summed E-state index contributed by atoms with van der Waals surface area (Å²) in [4.78, 5) is 11.1. The molecular formula is C12H16BNO4. The first kappa shape index (κ1) is 12.9. The normalized spacial score (nSPS) is 17.4. The van der Waals surface area contributed by atoms with Crippen molar-refractivity contribution in [1.29, 1.82) is 0 Å². The highest BCUT2D eigenvalue weighted by molar-refractivity contribution is 6.61. The Morgan fingerprint density at radius 3 is 3.11 bits per heavy atom. The van der Waals surface area contributed by atoms with Crippen LogP contribution in [-0.4, -0.2) is 31.4 Å². The van der Waals surface area contributed by atoms with Crippen LogP contribution in [0.25, 0.3) is 0 Å². The van der Waals surface area contributed by atoms with E-state index in [2.05, 4.69) is 5.32 Å². The molecule has 0 radical (unpaired) electrons. The molecule has 1 aromatic rings. The van der Waals surface area contributed by atoms with Crippen molar-refractivity contribution < 1.29 is 19.2 Å². The van der Waals surface area contributed by atoms with Gasteiger partial charge in [-0.05, 0) is 17.9 Å². The third kappa shape index (κ3) is 2.83. The van der Waals surface area contributed by atoms with E-state index in [0.29, 0.717) is 13.0 Å². The van der Waals surface area contributed by atoms with Crippen molar-refractivity contribution >= 4 is 18.7 Å². The molecule has 6 heteroatoms. The zero-order valence-corrected chi connectivity index (χ0v) is 10.3. The number of alkyl carbamates (subject to hydrolysis) is 1. The van der Waals surface area contributed by atoms with Gasteiger partial charge in [0.2, 0.25) is 0 Å². The van der Waals surface area contributed by atoms with Crippen LogP contribution in [0.5, 0.6) is 0 Å². The number of carbonyl (C=O) groups excluding carboxylic acids is 1. The summed E-state index contributed by atoms with van der Waals surface area (Å²) in [6.45, 7) is 2.63. The largest absolute Gasteiger partial charge is 0.491 e. The number of hydrogen-bond acceptors (Lipinski definition) is 4. The van der Waals surface area contributed by atoms with Crippen molar-refractivity contribution in [3.05, 3.63) is 29.8 Å². The summed E-state index contributed by atoms with van der Waals surface area (Å²) < 4.78 is 10.4. The monoisotopic (exact) mass is 249 g/mol. The Balaban J connectivity index is 1.87. The molecule has 0 saturated carbocycles. The SMILES string of the molecule is CCNC(=O)OCCC1OB(O)c2ccccc21. The Bertz CT molecular complexity index is 426. The Labute approximate surface area is 106 Å². The molecule has 2 N–H and O–H groups in total. The molecule has 0 spiro atoms. The predicted octanol–water partition coefficient (Wildman–Crippen LogP) is 0.582. The summed E-state index contributed by atoms with van der Waals surface area (Å²) in [6.07, 6.45) is -0.111. The van der Waals surface area contributed by atoms with Crippen LogP contribution in [0.1, 0.15) is 25.0 Å². The number of rotatable bonds is 4. The quantitative estimate of drug-likeness (QED) is 0.766. The lowest BCUT2D eigenvalue weighted by atomic mass is 9.79. The summed E-state index contributed by atoms with van der Waals surface area (Å²) in [7, 11) is -0.879. The van der Waals surface area contributed by atoms with E-state index < -0.39 is 13.2 Å². The minimum absolute atomic E-state index is 0.217. The molecule has 1 aromatic carbocycles. The minimum atomic E-state index is -0.879. The number of carbonyl (C=O) groups is 1. The summed E-state index contributed by atoms with van der Waals surface area (Å²) in [5.74, 6) is 0. The van der Waals surface area contributed by atoms with E-state index in [1.807, 2.05) is 31.2 Å². The van der Waals surface area contributed by atoms with Gasteiger partial charge in [0.05, 0.1) is 12.7 Å². The van der Waals surface area contributed by atoms with Crippen molar-refractivity contribution in [2.75, 3.05) is 13.2 Å². The highest BCUT2D eigenvalue weighted by Gasteiger charge is 2.34. The van der Waals surface area contributed by atoms with Crippen LogP contribution >= 0.6 is 0 Å². The Hall–Kier alpha value is -1.53. The van der Waals surface area contributed by atoms with Gasteiger partial charge in [0, 0.05) is 13.0 Å². The van der Waals surface area contributed by atoms with E-state index in [0.717, 1.165) is 11.0 Å². The Morgan fingerprint density at radius 1 is 1.56 bits per heavy atom. The molecule has 0 saturated heterocycles. The average molecular weight is 249 g/mol. The first-order chi connectivity index (χ1) is 8.72. The highest BCUT2D eigenvalue weighted by Crippen LogP contribution is 2.26. The number of amides is 1. The average Bonchev–Trinajstić information content (AvgIpc) is 2.68. The first-order valence-electron chi connectivity index (χ1n) is 6.05. The Morgan fingerprint density at radius 2 is 2.33 bits per heavy atom. The fourth-order valence-electron chi connectivity index (χ4n) is 2.01. The van der Waals surface area contributed by atoms with Gasteiger partial charge in [-0.2, -0.15) is 0 Å². The summed E-state index contributed by atoms with van der Waals surface area (Å²) in [6, 6.07) is 7.52. The maximum atomic E-state index is 11.1. The number of ether oxygens (including phenoxy) is 1. The molecule has 0 aliphatic carbocycles. The van der Waals surface area contributed by atoms with Crippen LogP contribution in [0.3, 0.4) is 0 Å². The van der Waals surface area contributed by atoms with Crippen molar-refractivity contribution in [2.24, 2.45) is 0 Å². The standard InChI is InChI=1S/C12H16BNO4/c1-2-14-12(15)17-8-7-11-9-5-3-4-6-10(9)13(16)18-11/h3-6,11,16H,2,7-8H2,1H3,(H,14,15). The second kappa shape index (κ2) is 5.88. The number of nitrogens with one attached hydrogen (secondary N) is 1. The predicted molar refractivity (Wildman–Crippen MR) is 67.5 cm³/mol. The fraction of sp³-hybridized carbons (Fsp3) is 0.417. The van der Waals surface area contributed by atoms with Crippen LogP contribution in [0.2, 0.25) is 0 Å². The van der Waals surface area contributed by atoms with Crippen molar-refractivity contribution in [3.8, 4) is 0 Å². The molecule has 5 nitrogen and oxygen atoms in total. The molecule has 1 aliphatic heterocycles. The van der Waals surface area contributed by atoms with Gasteiger partial charge in [-0.15, -0.1) is 0 Å². The number of fused-ring (bicyclic) bond motifs is 1. The van der Waals surface area contributed by atoms with E-state index in [1.54, 1.807) is 0 Å². The van der Waals surface area contributed by atoms with Gasteiger partial charge in [-0.1, -0.05) is 24.3 Å². The van der Waals surface area contributed by atoms with Crippen molar-refractivity contribution in [3.63, 3.8) is 0 Å². The van der Waals surface area contributed by atoms with Crippen LogP contribution in [-0.2, 0) is 9.39 Å². The van der Waals surface area contributed by atoms with Gasteiger partial charge in [0.15, 0.2) is 0 Å². The van der Waals surface area contributed by atoms with E-state index in [-0.39, 0.29) is 12.7 Å². The topological polar surface area (TPSA) is 67.8 Å². The van der Waals surface area contributed by atoms with Crippen LogP contribution in [0, 0.1) is 0 Å². The molecule has 2 rings (SSSR count). The molecule has 0 bridgehead atoms. The summed E-state index contributed by atoms with van der Waals surface area (Å²) in [5, 5.41) is 12.2. The van der Waals surface area contributed by atoms with Gasteiger partial charge >= 0.3 is 13.2 Å². The summed E-state index contributed by atoms with van der Waals surface area (Å²) in [5.41, 5.74) is 1.75. The van der Waals surface area contributed by atoms with Gasteiger partial charge in [-0.25, -0.2) is 4.79 Å². The van der Waals surface area contributed by atoms with E-state index in [1.165, 1.54) is 0 Å². The van der Waals surface area contributed by atoms with Crippen LogP contribution in [0.15, 0.2) is 24.3 Å². The van der Waals surface area contributed by atoms with Gasteiger partial charge in [0.1, 0.15) is 0 Å². The summed E-state index contributed by atoms with van der Waals surface area (Å²) >= 11 is 0. The van der Waals surface area contributed by atoms with Gasteiger partial charge < -0.3 is 19.7 Å². The second-order valence-corrected chi connectivity index (χ2v) is 4.06. The molecule has 0 fully saturated rings. The molecular weight excluding hydrogens is 233 g/mol. The van der Waals surface area contributed by atoms with Crippen molar-refractivity contribution in [1.82, 2.24) is 5.32 Å². The van der Waals surface area contributed by atoms with E-state index in [9.17, 15) is 9.82 Å². The third-order valence-electron chi connectivity index (χ3n) is 2.84. The maximum Gasteiger partial charge on any atom is 0.491 e. The molecule has 18 heavy (non-hydrogen) atoms. The molecule has 1 atom stereocenters. The van der Waals surface area contributed by atoms with Crippen molar-refractivity contribution in [2.45, 2.75) is 19.4 Å². The van der Waals surface area contributed by atoms with Crippen LogP contribution in [0.4, 0.5) is 4.79 Å². The first-order valence-corrected chi connectivity index (χ1v) is 6.05. The molecule has 1 heterocycles. The third-order valence-corrected chi connectivity index (χ3v) is 2.84. The molecule has 1 amide bonds. The zero-order valence-electron chi connectivity index (χ0n) is 10.3. The second-order valence-electron chi connectivity index (χ2n) is 4.06. The lowest BCUT2D eigenvalue weighted by molar-refractivity contribution is 0.114. The minimum Gasteiger partial charge on any atom is -0.449 e. The molecule has 1 aliphatic rings. The molecule has 96 valence electrons. The molecule has 1 unspecified atom stereocenters. The maximum absolute atomic E-state index is 11.1. The number of hydrogen-bond donors (Lipinski definition) is 2. The van der Waals surface area contributed by atoms with Crippen LogP contribution < -0.4 is 10.8 Å². The zero-order chi connectivity index (χ0) is 13.0. The van der Waals surface area contributed by atoms with Gasteiger partial charge in [-0.3, -0.25) is 0 Å².